The lowest BCUT2D eigenvalue weighted by atomic mass is 9.94. The van der Waals surface area contributed by atoms with E-state index in [9.17, 15) is 4.79 Å². The molecule has 1 atom stereocenters. The number of hydrogen-bond acceptors (Lipinski definition) is 4. The summed E-state index contributed by atoms with van der Waals surface area (Å²) in [6.45, 7) is 1.96. The molecule has 1 aromatic rings. The number of hydrogen-bond donors (Lipinski definition) is 1. The zero-order valence-corrected chi connectivity index (χ0v) is 11.0. The molecule has 0 spiro atoms. The standard InChI is InChI=1S/C13H17NO4/c1-7-5-8-6-9(16-2)11(17-3)12(18-4)10(8)13(15)14-7/h6-7H,5H2,1-4H3,(H,14,15). The van der Waals surface area contributed by atoms with Gasteiger partial charge < -0.3 is 19.5 Å². The normalized spacial score (nSPS) is 17.8. The van der Waals surface area contributed by atoms with Gasteiger partial charge in [-0.1, -0.05) is 0 Å². The molecule has 0 radical (unpaired) electrons. The van der Waals surface area contributed by atoms with Crippen molar-refractivity contribution in [2.45, 2.75) is 19.4 Å². The van der Waals surface area contributed by atoms with Crippen LogP contribution in [0, 0.1) is 0 Å². The van der Waals surface area contributed by atoms with Crippen molar-refractivity contribution in [2.24, 2.45) is 0 Å². The Morgan fingerprint density at radius 1 is 1.17 bits per heavy atom. The molecule has 1 amide bonds. The average Bonchev–Trinajstić information content (AvgIpc) is 2.35. The second-order valence-corrected chi connectivity index (χ2v) is 4.26. The maximum absolute atomic E-state index is 12.1. The Labute approximate surface area is 106 Å². The smallest absolute Gasteiger partial charge is 0.255 e. The molecule has 5 heteroatoms. The predicted molar refractivity (Wildman–Crippen MR) is 66.7 cm³/mol. The zero-order chi connectivity index (χ0) is 13.3. The molecule has 0 bridgehead atoms. The number of carbonyl (C=O) groups is 1. The van der Waals surface area contributed by atoms with E-state index in [2.05, 4.69) is 5.32 Å². The lowest BCUT2D eigenvalue weighted by Crippen LogP contribution is -2.39. The number of methoxy groups -OCH3 is 3. The fraction of sp³-hybridized carbons (Fsp3) is 0.462. The number of benzene rings is 1. The first-order valence-corrected chi connectivity index (χ1v) is 5.75. The summed E-state index contributed by atoms with van der Waals surface area (Å²) in [5.74, 6) is 1.32. The van der Waals surface area contributed by atoms with E-state index in [1.165, 1.54) is 14.2 Å². The maximum Gasteiger partial charge on any atom is 0.255 e. The van der Waals surface area contributed by atoms with Gasteiger partial charge in [0.05, 0.1) is 26.9 Å². The minimum Gasteiger partial charge on any atom is -0.493 e. The van der Waals surface area contributed by atoms with Gasteiger partial charge in [-0.2, -0.15) is 0 Å². The maximum atomic E-state index is 12.1. The molecule has 0 aromatic heterocycles. The van der Waals surface area contributed by atoms with Gasteiger partial charge in [0.2, 0.25) is 5.75 Å². The van der Waals surface area contributed by atoms with Crippen LogP contribution in [0.5, 0.6) is 17.2 Å². The quantitative estimate of drug-likeness (QED) is 0.882. The van der Waals surface area contributed by atoms with Crippen LogP contribution in [0.4, 0.5) is 0 Å². The van der Waals surface area contributed by atoms with Crippen LogP contribution in [0.15, 0.2) is 6.07 Å². The topological polar surface area (TPSA) is 56.8 Å². The van der Waals surface area contributed by atoms with Crippen molar-refractivity contribution >= 4 is 5.91 Å². The highest BCUT2D eigenvalue weighted by Crippen LogP contribution is 2.43. The summed E-state index contributed by atoms with van der Waals surface area (Å²) in [4.78, 5) is 12.1. The predicted octanol–water partition coefficient (Wildman–Crippen LogP) is 1.39. The van der Waals surface area contributed by atoms with E-state index in [1.54, 1.807) is 7.11 Å². The van der Waals surface area contributed by atoms with E-state index in [0.717, 1.165) is 12.0 Å². The number of ether oxygens (including phenoxy) is 3. The van der Waals surface area contributed by atoms with Crippen molar-refractivity contribution in [3.05, 3.63) is 17.2 Å². The van der Waals surface area contributed by atoms with Gasteiger partial charge in [-0.15, -0.1) is 0 Å². The molecule has 0 saturated heterocycles. The molecule has 1 heterocycles. The van der Waals surface area contributed by atoms with Gasteiger partial charge in [-0.3, -0.25) is 4.79 Å². The van der Waals surface area contributed by atoms with Crippen molar-refractivity contribution in [2.75, 3.05) is 21.3 Å². The summed E-state index contributed by atoms with van der Waals surface area (Å²) >= 11 is 0. The minimum absolute atomic E-state index is 0.104. The molecule has 0 aliphatic carbocycles. The third kappa shape index (κ3) is 1.85. The van der Waals surface area contributed by atoms with Crippen molar-refractivity contribution in [1.82, 2.24) is 5.32 Å². The third-order valence-corrected chi connectivity index (χ3v) is 3.04. The van der Waals surface area contributed by atoms with Gasteiger partial charge in [-0.05, 0) is 25.0 Å². The highest BCUT2D eigenvalue weighted by Gasteiger charge is 2.29. The fourth-order valence-electron chi connectivity index (χ4n) is 2.29. The minimum atomic E-state index is -0.137. The molecule has 98 valence electrons. The Morgan fingerprint density at radius 3 is 2.39 bits per heavy atom. The monoisotopic (exact) mass is 251 g/mol. The summed E-state index contributed by atoms with van der Waals surface area (Å²) in [6, 6.07) is 1.94. The summed E-state index contributed by atoms with van der Waals surface area (Å²) in [5.41, 5.74) is 1.45. The van der Waals surface area contributed by atoms with Crippen LogP contribution in [0.1, 0.15) is 22.8 Å². The number of fused-ring (bicyclic) bond motifs is 1. The van der Waals surface area contributed by atoms with Crippen LogP contribution < -0.4 is 19.5 Å². The second-order valence-electron chi connectivity index (χ2n) is 4.26. The average molecular weight is 251 g/mol. The van der Waals surface area contributed by atoms with Gasteiger partial charge in [0.1, 0.15) is 0 Å². The Kier molecular flexibility index (Phi) is 3.32. The molecular formula is C13H17NO4. The molecule has 0 saturated carbocycles. The fourth-order valence-corrected chi connectivity index (χ4v) is 2.29. The van der Waals surface area contributed by atoms with E-state index in [0.29, 0.717) is 22.8 Å². The van der Waals surface area contributed by atoms with Gasteiger partial charge in [0.15, 0.2) is 11.5 Å². The molecule has 1 unspecified atom stereocenters. The summed E-state index contributed by atoms with van der Waals surface area (Å²) in [6.07, 6.45) is 0.748. The van der Waals surface area contributed by atoms with Crippen LogP contribution in [-0.2, 0) is 6.42 Å². The Morgan fingerprint density at radius 2 is 1.83 bits per heavy atom. The van der Waals surface area contributed by atoms with Gasteiger partial charge in [0, 0.05) is 6.04 Å². The molecule has 1 aliphatic rings. The molecule has 2 rings (SSSR count). The van der Waals surface area contributed by atoms with E-state index in [1.807, 2.05) is 13.0 Å². The second kappa shape index (κ2) is 4.76. The molecule has 0 fully saturated rings. The molecule has 5 nitrogen and oxygen atoms in total. The molecule has 18 heavy (non-hydrogen) atoms. The van der Waals surface area contributed by atoms with Crippen molar-refractivity contribution in [3.63, 3.8) is 0 Å². The summed E-state index contributed by atoms with van der Waals surface area (Å²) in [7, 11) is 4.61. The molecular weight excluding hydrogens is 234 g/mol. The Balaban J connectivity index is 2.68. The lowest BCUT2D eigenvalue weighted by Gasteiger charge is -2.26. The van der Waals surface area contributed by atoms with Gasteiger partial charge >= 0.3 is 0 Å². The lowest BCUT2D eigenvalue weighted by molar-refractivity contribution is 0.0924. The molecule has 1 aliphatic heterocycles. The summed E-state index contributed by atoms with van der Waals surface area (Å²) < 4.78 is 15.9. The Bertz CT molecular complexity index is 484. The number of rotatable bonds is 3. The van der Waals surface area contributed by atoms with E-state index >= 15 is 0 Å². The van der Waals surface area contributed by atoms with Crippen LogP contribution >= 0.6 is 0 Å². The van der Waals surface area contributed by atoms with Crippen LogP contribution in [-0.4, -0.2) is 33.3 Å². The van der Waals surface area contributed by atoms with E-state index < -0.39 is 0 Å². The van der Waals surface area contributed by atoms with Crippen molar-refractivity contribution < 1.29 is 19.0 Å². The van der Waals surface area contributed by atoms with Gasteiger partial charge in [0.25, 0.3) is 5.91 Å². The highest BCUT2D eigenvalue weighted by atomic mass is 16.5. The molecule has 1 aromatic carbocycles. The first-order chi connectivity index (χ1) is 8.62. The van der Waals surface area contributed by atoms with Gasteiger partial charge in [-0.25, -0.2) is 0 Å². The zero-order valence-electron chi connectivity index (χ0n) is 11.0. The van der Waals surface area contributed by atoms with E-state index in [4.69, 9.17) is 14.2 Å². The Hall–Kier alpha value is -1.91. The molecule has 1 N–H and O–H groups in total. The largest absolute Gasteiger partial charge is 0.493 e. The first kappa shape index (κ1) is 12.5. The van der Waals surface area contributed by atoms with E-state index in [-0.39, 0.29) is 11.9 Å². The highest BCUT2D eigenvalue weighted by molar-refractivity contribution is 6.01. The third-order valence-electron chi connectivity index (χ3n) is 3.04. The SMILES string of the molecule is COc1cc2c(c(OC)c1OC)C(=O)NC(C)C2. The summed E-state index contributed by atoms with van der Waals surface area (Å²) in [5, 5.41) is 2.88. The van der Waals surface area contributed by atoms with Crippen molar-refractivity contribution in [1.29, 1.82) is 0 Å². The number of carbonyl (C=O) groups excluding carboxylic acids is 1. The van der Waals surface area contributed by atoms with Crippen LogP contribution in [0.2, 0.25) is 0 Å². The van der Waals surface area contributed by atoms with Crippen LogP contribution in [0.3, 0.4) is 0 Å². The van der Waals surface area contributed by atoms with Crippen molar-refractivity contribution in [3.8, 4) is 17.2 Å². The number of amides is 1. The van der Waals surface area contributed by atoms with Crippen LogP contribution in [0.25, 0.3) is 0 Å². The first-order valence-electron chi connectivity index (χ1n) is 5.75. The number of nitrogens with one attached hydrogen (secondary N) is 1.